The molecule has 1 aromatic rings. The van der Waals surface area contributed by atoms with Crippen molar-refractivity contribution in [1.82, 2.24) is 5.32 Å². The van der Waals surface area contributed by atoms with Crippen LogP contribution < -0.4 is 5.32 Å². The molecule has 0 spiro atoms. The van der Waals surface area contributed by atoms with E-state index in [-0.39, 0.29) is 18.4 Å². The van der Waals surface area contributed by atoms with Gasteiger partial charge in [-0.1, -0.05) is 18.2 Å². The van der Waals surface area contributed by atoms with Crippen molar-refractivity contribution in [3.63, 3.8) is 0 Å². The van der Waals surface area contributed by atoms with Crippen LogP contribution in [0.3, 0.4) is 0 Å². The van der Waals surface area contributed by atoms with Gasteiger partial charge in [0, 0.05) is 0 Å². The van der Waals surface area contributed by atoms with Crippen molar-refractivity contribution in [2.75, 3.05) is 19.7 Å². The Morgan fingerprint density at radius 2 is 1.89 bits per heavy atom. The van der Waals surface area contributed by atoms with Gasteiger partial charge in [0.2, 0.25) is 0 Å². The van der Waals surface area contributed by atoms with E-state index in [4.69, 9.17) is 4.74 Å². The molecule has 1 saturated heterocycles. The summed E-state index contributed by atoms with van der Waals surface area (Å²) in [5.41, 5.74) is 0.637. The van der Waals surface area contributed by atoms with E-state index in [1.165, 1.54) is 12.8 Å². The summed E-state index contributed by atoms with van der Waals surface area (Å²) >= 11 is 0. The predicted molar refractivity (Wildman–Crippen MR) is 74.2 cm³/mol. The molecule has 0 aliphatic carbocycles. The molecule has 1 aliphatic heterocycles. The first kappa shape index (κ1) is 15.0. The van der Waals surface area contributed by atoms with E-state index in [2.05, 4.69) is 5.32 Å². The van der Waals surface area contributed by atoms with Crippen LogP contribution in [0, 0.1) is 5.92 Å². The topological polar surface area (TPSA) is 38.3 Å². The van der Waals surface area contributed by atoms with Gasteiger partial charge in [0.15, 0.2) is 0 Å². The SMILES string of the molecule is Cl.O=C(OCCC1CCNCC1)c1ccccc1. The summed E-state index contributed by atoms with van der Waals surface area (Å²) in [5, 5.41) is 3.33. The highest BCUT2D eigenvalue weighted by molar-refractivity contribution is 5.89. The van der Waals surface area contributed by atoms with E-state index < -0.39 is 0 Å². The summed E-state index contributed by atoms with van der Waals surface area (Å²) in [6, 6.07) is 9.17. The van der Waals surface area contributed by atoms with Crippen molar-refractivity contribution in [2.24, 2.45) is 5.92 Å². The molecule has 18 heavy (non-hydrogen) atoms. The summed E-state index contributed by atoms with van der Waals surface area (Å²) in [7, 11) is 0. The number of piperidine rings is 1. The lowest BCUT2D eigenvalue weighted by Gasteiger charge is -2.22. The molecule has 1 fully saturated rings. The molecule has 100 valence electrons. The van der Waals surface area contributed by atoms with E-state index in [0.717, 1.165) is 19.5 Å². The summed E-state index contributed by atoms with van der Waals surface area (Å²) in [4.78, 5) is 11.7. The zero-order chi connectivity index (χ0) is 11.9. The summed E-state index contributed by atoms with van der Waals surface area (Å²) in [6.45, 7) is 2.73. The number of nitrogens with one attached hydrogen (secondary N) is 1. The molecule has 1 heterocycles. The van der Waals surface area contributed by atoms with Gasteiger partial charge in [-0.05, 0) is 50.4 Å². The third-order valence-corrected chi connectivity index (χ3v) is 3.23. The first-order valence-electron chi connectivity index (χ1n) is 6.29. The number of rotatable bonds is 4. The van der Waals surface area contributed by atoms with E-state index in [0.29, 0.717) is 18.1 Å². The van der Waals surface area contributed by atoms with Crippen LogP contribution in [0.2, 0.25) is 0 Å². The van der Waals surface area contributed by atoms with E-state index in [1.807, 2.05) is 18.2 Å². The van der Waals surface area contributed by atoms with Crippen LogP contribution in [-0.4, -0.2) is 25.7 Å². The van der Waals surface area contributed by atoms with Gasteiger partial charge in [0.1, 0.15) is 0 Å². The van der Waals surface area contributed by atoms with Gasteiger partial charge in [-0.15, -0.1) is 12.4 Å². The number of carbonyl (C=O) groups is 1. The minimum absolute atomic E-state index is 0. The second kappa shape index (κ2) is 8.11. The van der Waals surface area contributed by atoms with E-state index in [9.17, 15) is 4.79 Å². The number of ether oxygens (including phenoxy) is 1. The Bertz CT molecular complexity index is 350. The number of carbonyl (C=O) groups excluding carboxylic acids is 1. The van der Waals surface area contributed by atoms with Gasteiger partial charge in [0.05, 0.1) is 12.2 Å². The van der Waals surface area contributed by atoms with Gasteiger partial charge in [-0.25, -0.2) is 4.79 Å². The molecular formula is C14H20ClNO2. The van der Waals surface area contributed by atoms with Crippen molar-refractivity contribution in [3.8, 4) is 0 Å². The average Bonchev–Trinajstić information content (AvgIpc) is 2.41. The van der Waals surface area contributed by atoms with Gasteiger partial charge in [0.25, 0.3) is 0 Å². The second-order valence-electron chi connectivity index (χ2n) is 4.48. The Balaban J connectivity index is 0.00000162. The molecule has 0 saturated carbocycles. The standard InChI is InChI=1S/C14H19NO2.ClH/c16-14(13-4-2-1-3-5-13)17-11-8-12-6-9-15-10-7-12;/h1-5,12,15H,6-11H2;1H. The molecule has 0 aromatic heterocycles. The van der Waals surface area contributed by atoms with E-state index in [1.54, 1.807) is 12.1 Å². The molecule has 2 rings (SSSR count). The largest absolute Gasteiger partial charge is 0.462 e. The van der Waals surface area contributed by atoms with Gasteiger partial charge in [-0.3, -0.25) is 0 Å². The highest BCUT2D eigenvalue weighted by Gasteiger charge is 2.13. The Morgan fingerprint density at radius 3 is 2.56 bits per heavy atom. The first-order valence-corrected chi connectivity index (χ1v) is 6.29. The molecule has 1 aromatic carbocycles. The fourth-order valence-electron chi connectivity index (χ4n) is 2.15. The lowest BCUT2D eigenvalue weighted by Crippen LogP contribution is -2.28. The Morgan fingerprint density at radius 1 is 1.22 bits per heavy atom. The Hall–Kier alpha value is -1.06. The molecule has 0 atom stereocenters. The minimum atomic E-state index is -0.209. The normalized spacial score (nSPS) is 15.8. The second-order valence-corrected chi connectivity index (χ2v) is 4.48. The maximum absolute atomic E-state index is 11.7. The molecule has 0 amide bonds. The summed E-state index contributed by atoms with van der Waals surface area (Å²) < 4.78 is 5.27. The molecular weight excluding hydrogens is 250 g/mol. The fraction of sp³-hybridized carbons (Fsp3) is 0.500. The Labute approximate surface area is 114 Å². The number of esters is 1. The van der Waals surface area contributed by atoms with Crippen molar-refractivity contribution in [2.45, 2.75) is 19.3 Å². The first-order chi connectivity index (χ1) is 8.36. The lowest BCUT2D eigenvalue weighted by molar-refractivity contribution is 0.0476. The van der Waals surface area contributed by atoms with Crippen LogP contribution in [0.1, 0.15) is 29.6 Å². The maximum atomic E-state index is 11.7. The summed E-state index contributed by atoms with van der Waals surface area (Å²) in [5.74, 6) is 0.499. The fourth-order valence-corrected chi connectivity index (χ4v) is 2.15. The van der Waals surface area contributed by atoms with Gasteiger partial charge >= 0.3 is 5.97 Å². The minimum Gasteiger partial charge on any atom is -0.462 e. The average molecular weight is 270 g/mol. The highest BCUT2D eigenvalue weighted by atomic mass is 35.5. The quantitative estimate of drug-likeness (QED) is 0.854. The molecule has 1 aliphatic rings. The molecule has 3 nitrogen and oxygen atoms in total. The van der Waals surface area contributed by atoms with Gasteiger partial charge in [-0.2, -0.15) is 0 Å². The maximum Gasteiger partial charge on any atom is 0.338 e. The van der Waals surface area contributed by atoms with Crippen LogP contribution >= 0.6 is 12.4 Å². The smallest absolute Gasteiger partial charge is 0.338 e. The van der Waals surface area contributed by atoms with Crippen molar-refractivity contribution in [3.05, 3.63) is 35.9 Å². The van der Waals surface area contributed by atoms with Crippen molar-refractivity contribution >= 4 is 18.4 Å². The molecule has 1 N–H and O–H groups in total. The monoisotopic (exact) mass is 269 g/mol. The summed E-state index contributed by atoms with van der Waals surface area (Å²) in [6.07, 6.45) is 3.38. The third-order valence-electron chi connectivity index (χ3n) is 3.23. The number of benzene rings is 1. The number of halogens is 1. The molecule has 0 unspecified atom stereocenters. The molecule has 4 heteroatoms. The lowest BCUT2D eigenvalue weighted by atomic mass is 9.95. The van der Waals surface area contributed by atoms with Crippen LogP contribution in [0.25, 0.3) is 0 Å². The van der Waals surface area contributed by atoms with Gasteiger partial charge < -0.3 is 10.1 Å². The van der Waals surface area contributed by atoms with Crippen LogP contribution in [0.15, 0.2) is 30.3 Å². The zero-order valence-electron chi connectivity index (χ0n) is 10.4. The van der Waals surface area contributed by atoms with E-state index >= 15 is 0 Å². The Kier molecular flexibility index (Phi) is 6.76. The predicted octanol–water partition coefficient (Wildman–Crippen LogP) is 2.65. The van der Waals surface area contributed by atoms with Crippen molar-refractivity contribution in [1.29, 1.82) is 0 Å². The van der Waals surface area contributed by atoms with Crippen LogP contribution in [0.5, 0.6) is 0 Å². The number of hydrogen-bond donors (Lipinski definition) is 1. The zero-order valence-corrected chi connectivity index (χ0v) is 11.2. The van der Waals surface area contributed by atoms with Crippen LogP contribution in [-0.2, 0) is 4.74 Å². The molecule has 0 radical (unpaired) electrons. The van der Waals surface area contributed by atoms with Crippen molar-refractivity contribution < 1.29 is 9.53 Å². The molecule has 0 bridgehead atoms. The van der Waals surface area contributed by atoms with Crippen LogP contribution in [0.4, 0.5) is 0 Å². The highest BCUT2D eigenvalue weighted by Crippen LogP contribution is 2.15. The number of hydrogen-bond acceptors (Lipinski definition) is 3. The third kappa shape index (κ3) is 4.67.